The summed E-state index contributed by atoms with van der Waals surface area (Å²) < 4.78 is 1.20. The van der Waals surface area contributed by atoms with Crippen LogP contribution in [-0.2, 0) is 0 Å². The molecule has 3 heteroatoms. The lowest BCUT2D eigenvalue weighted by molar-refractivity contribution is 0.373. The fourth-order valence-corrected chi connectivity index (χ4v) is 3.33. The van der Waals surface area contributed by atoms with Crippen LogP contribution < -0.4 is 5.32 Å². The van der Waals surface area contributed by atoms with E-state index in [-0.39, 0.29) is 0 Å². The first-order chi connectivity index (χ1) is 9.78. The van der Waals surface area contributed by atoms with Crippen LogP contribution in [0.3, 0.4) is 0 Å². The van der Waals surface area contributed by atoms with Crippen molar-refractivity contribution in [1.82, 2.24) is 0 Å². The summed E-state index contributed by atoms with van der Waals surface area (Å²) in [6, 6.07) is 18.8. The summed E-state index contributed by atoms with van der Waals surface area (Å²) in [4.78, 5) is 0. The number of nitrogens with one attached hydrogen (secondary N) is 1. The maximum Gasteiger partial charge on any atom is 0.101 e. The number of hydrogen-bond donors (Lipinski definition) is 1. The number of hydrogen-bond acceptors (Lipinski definition) is 2. The number of nitrogens with zero attached hydrogens (tertiary/aromatic N) is 1. The Morgan fingerprint density at radius 1 is 1.05 bits per heavy atom. The molecule has 0 bridgehead atoms. The molecule has 2 aromatic rings. The molecule has 0 heterocycles. The Bertz CT molecular complexity index is 654. The van der Waals surface area contributed by atoms with Gasteiger partial charge in [-0.1, -0.05) is 46.3 Å². The quantitative estimate of drug-likeness (QED) is 0.888. The van der Waals surface area contributed by atoms with Gasteiger partial charge in [-0.25, -0.2) is 0 Å². The zero-order valence-electron chi connectivity index (χ0n) is 11.0. The predicted molar refractivity (Wildman–Crippen MR) is 84.7 cm³/mol. The SMILES string of the molecule is N#Cc1ccccc1NC1CC(c2ccccc2Br)C1. The Morgan fingerprint density at radius 3 is 2.50 bits per heavy atom. The Kier molecular flexibility index (Phi) is 3.75. The van der Waals surface area contributed by atoms with Crippen LogP contribution in [0.4, 0.5) is 5.69 Å². The monoisotopic (exact) mass is 326 g/mol. The molecule has 20 heavy (non-hydrogen) atoms. The van der Waals surface area contributed by atoms with E-state index in [1.54, 1.807) is 0 Å². The molecule has 0 aliphatic heterocycles. The summed E-state index contributed by atoms with van der Waals surface area (Å²) in [5.74, 6) is 0.609. The molecule has 0 spiro atoms. The molecule has 2 aromatic carbocycles. The van der Waals surface area contributed by atoms with Crippen molar-refractivity contribution < 1.29 is 0 Å². The topological polar surface area (TPSA) is 35.8 Å². The average Bonchev–Trinajstić information content (AvgIpc) is 2.44. The average molecular weight is 327 g/mol. The van der Waals surface area contributed by atoms with Crippen LogP contribution in [0.15, 0.2) is 53.0 Å². The molecule has 1 saturated carbocycles. The summed E-state index contributed by atoms with van der Waals surface area (Å²) in [6.45, 7) is 0. The molecule has 1 N–H and O–H groups in total. The maximum absolute atomic E-state index is 9.09. The first-order valence-corrected chi connectivity index (χ1v) is 7.57. The molecule has 0 aromatic heterocycles. The summed E-state index contributed by atoms with van der Waals surface area (Å²) in [6.07, 6.45) is 2.23. The van der Waals surface area contributed by atoms with Gasteiger partial charge >= 0.3 is 0 Å². The predicted octanol–water partition coefficient (Wildman–Crippen LogP) is 4.68. The standard InChI is InChI=1S/C17H15BrN2/c18-16-7-3-2-6-15(16)13-9-14(10-13)20-17-8-4-1-5-12(17)11-19/h1-8,13-14,20H,9-10H2. The van der Waals surface area contributed by atoms with Crippen molar-refractivity contribution >= 4 is 21.6 Å². The molecule has 0 saturated heterocycles. The van der Waals surface area contributed by atoms with E-state index in [9.17, 15) is 0 Å². The van der Waals surface area contributed by atoms with Crippen LogP contribution in [0.5, 0.6) is 0 Å². The number of anilines is 1. The zero-order chi connectivity index (χ0) is 13.9. The second-order valence-electron chi connectivity index (χ2n) is 5.19. The summed E-state index contributed by atoms with van der Waals surface area (Å²) in [5, 5.41) is 12.6. The molecule has 3 rings (SSSR count). The lowest BCUT2D eigenvalue weighted by Crippen LogP contribution is -2.34. The van der Waals surface area contributed by atoms with Gasteiger partial charge in [0.2, 0.25) is 0 Å². The van der Waals surface area contributed by atoms with E-state index in [1.165, 1.54) is 10.0 Å². The third-order valence-electron chi connectivity index (χ3n) is 3.89. The minimum atomic E-state index is 0.460. The molecule has 0 atom stereocenters. The largest absolute Gasteiger partial charge is 0.381 e. The van der Waals surface area contributed by atoms with Gasteiger partial charge in [0, 0.05) is 10.5 Å². The molecule has 0 amide bonds. The Labute approximate surface area is 127 Å². The Balaban J connectivity index is 1.64. The van der Waals surface area contributed by atoms with Crippen molar-refractivity contribution in [3.05, 3.63) is 64.1 Å². The smallest absolute Gasteiger partial charge is 0.101 e. The fraction of sp³-hybridized carbons (Fsp3) is 0.235. The highest BCUT2D eigenvalue weighted by molar-refractivity contribution is 9.10. The van der Waals surface area contributed by atoms with E-state index in [2.05, 4.69) is 45.5 Å². The molecule has 1 aliphatic rings. The van der Waals surface area contributed by atoms with Crippen LogP contribution in [0.25, 0.3) is 0 Å². The van der Waals surface area contributed by atoms with Gasteiger partial charge in [-0.05, 0) is 42.5 Å². The minimum Gasteiger partial charge on any atom is -0.381 e. The molecular formula is C17H15BrN2. The zero-order valence-corrected chi connectivity index (χ0v) is 12.6. The van der Waals surface area contributed by atoms with Crippen molar-refractivity contribution in [1.29, 1.82) is 5.26 Å². The number of nitriles is 1. The van der Waals surface area contributed by atoms with Crippen molar-refractivity contribution in [2.75, 3.05) is 5.32 Å². The van der Waals surface area contributed by atoms with Crippen molar-refractivity contribution in [2.45, 2.75) is 24.8 Å². The number of rotatable bonds is 3. The number of para-hydroxylation sites is 1. The highest BCUT2D eigenvalue weighted by Gasteiger charge is 2.31. The van der Waals surface area contributed by atoms with E-state index < -0.39 is 0 Å². The highest BCUT2D eigenvalue weighted by atomic mass is 79.9. The van der Waals surface area contributed by atoms with E-state index >= 15 is 0 Å². The minimum absolute atomic E-state index is 0.460. The lowest BCUT2D eigenvalue weighted by Gasteiger charge is -2.37. The van der Waals surface area contributed by atoms with Crippen molar-refractivity contribution in [2.24, 2.45) is 0 Å². The Hall–Kier alpha value is -1.79. The summed E-state index contributed by atoms with van der Waals surface area (Å²) in [5.41, 5.74) is 3.06. The van der Waals surface area contributed by atoms with Crippen molar-refractivity contribution in [3.63, 3.8) is 0 Å². The summed E-state index contributed by atoms with van der Waals surface area (Å²) >= 11 is 3.62. The van der Waals surface area contributed by atoms with E-state index in [0.29, 0.717) is 12.0 Å². The molecule has 0 unspecified atom stereocenters. The van der Waals surface area contributed by atoms with Crippen LogP contribution in [0.1, 0.15) is 29.9 Å². The van der Waals surface area contributed by atoms with Crippen LogP contribution >= 0.6 is 15.9 Å². The molecule has 2 nitrogen and oxygen atoms in total. The number of benzene rings is 2. The lowest BCUT2D eigenvalue weighted by atomic mass is 9.76. The fourth-order valence-electron chi connectivity index (χ4n) is 2.72. The van der Waals surface area contributed by atoms with Crippen LogP contribution in [0, 0.1) is 11.3 Å². The third kappa shape index (κ3) is 2.57. The number of halogens is 1. The molecule has 1 fully saturated rings. The van der Waals surface area contributed by atoms with Gasteiger partial charge < -0.3 is 5.32 Å². The van der Waals surface area contributed by atoms with E-state index in [0.717, 1.165) is 24.1 Å². The van der Waals surface area contributed by atoms with E-state index in [4.69, 9.17) is 5.26 Å². The van der Waals surface area contributed by atoms with Gasteiger partial charge in [-0.2, -0.15) is 5.26 Å². The first-order valence-electron chi connectivity index (χ1n) is 6.78. The Morgan fingerprint density at radius 2 is 1.75 bits per heavy atom. The van der Waals surface area contributed by atoms with Gasteiger partial charge in [0.15, 0.2) is 0 Å². The maximum atomic E-state index is 9.09. The molecule has 1 aliphatic carbocycles. The van der Waals surface area contributed by atoms with Gasteiger partial charge in [0.25, 0.3) is 0 Å². The van der Waals surface area contributed by atoms with Crippen molar-refractivity contribution in [3.8, 4) is 6.07 Å². The van der Waals surface area contributed by atoms with E-state index in [1.807, 2.05) is 30.3 Å². The third-order valence-corrected chi connectivity index (χ3v) is 4.61. The molecule has 100 valence electrons. The van der Waals surface area contributed by atoms with Crippen LogP contribution in [0.2, 0.25) is 0 Å². The van der Waals surface area contributed by atoms with Gasteiger partial charge in [0.1, 0.15) is 6.07 Å². The highest BCUT2D eigenvalue weighted by Crippen LogP contribution is 2.41. The van der Waals surface area contributed by atoms with Gasteiger partial charge in [-0.3, -0.25) is 0 Å². The second kappa shape index (κ2) is 5.68. The summed E-state index contributed by atoms with van der Waals surface area (Å²) in [7, 11) is 0. The molecule has 0 radical (unpaired) electrons. The van der Waals surface area contributed by atoms with Gasteiger partial charge in [-0.15, -0.1) is 0 Å². The first kappa shape index (κ1) is 13.2. The second-order valence-corrected chi connectivity index (χ2v) is 6.04. The molecular weight excluding hydrogens is 312 g/mol. The van der Waals surface area contributed by atoms with Gasteiger partial charge in [0.05, 0.1) is 11.3 Å². The normalized spacial score (nSPS) is 20.8. The van der Waals surface area contributed by atoms with Crippen LogP contribution in [-0.4, -0.2) is 6.04 Å².